The average molecular weight is 256 g/mol. The van der Waals surface area contributed by atoms with Crippen molar-refractivity contribution in [1.82, 2.24) is 0 Å². The molecule has 0 spiro atoms. The van der Waals surface area contributed by atoms with Crippen LogP contribution in [0.1, 0.15) is 42.5 Å². The van der Waals surface area contributed by atoms with Crippen LogP contribution in [0.4, 0.5) is 0 Å². The van der Waals surface area contributed by atoms with Gasteiger partial charge in [-0.25, -0.2) is 4.79 Å². The molecule has 0 aromatic heterocycles. The van der Waals surface area contributed by atoms with E-state index in [2.05, 4.69) is 12.3 Å². The van der Waals surface area contributed by atoms with Crippen LogP contribution < -0.4 is 0 Å². The van der Waals surface area contributed by atoms with Crippen molar-refractivity contribution in [3.05, 3.63) is 54.3 Å². The zero-order chi connectivity index (χ0) is 13.5. The molecule has 1 unspecified atom stereocenters. The summed E-state index contributed by atoms with van der Waals surface area (Å²) in [5.74, 6) is 0.151. The first-order valence-electron chi connectivity index (χ1n) is 6.93. The Hall–Kier alpha value is -1.79. The molecule has 0 bridgehead atoms. The molecule has 2 heteroatoms. The molecule has 1 saturated carbocycles. The summed E-state index contributed by atoms with van der Waals surface area (Å²) >= 11 is 0. The smallest absolute Gasteiger partial charge is 0.338 e. The summed E-state index contributed by atoms with van der Waals surface area (Å²) < 4.78 is 5.62. The Morgan fingerprint density at radius 2 is 1.95 bits per heavy atom. The molecule has 0 radical (unpaired) electrons. The topological polar surface area (TPSA) is 26.3 Å². The van der Waals surface area contributed by atoms with Gasteiger partial charge in [0.2, 0.25) is 0 Å². The molecular formula is C17H20O2. The number of carbonyl (C=O) groups excluding carboxylic acids is 1. The van der Waals surface area contributed by atoms with E-state index in [1.54, 1.807) is 18.2 Å². The van der Waals surface area contributed by atoms with Gasteiger partial charge in [0.15, 0.2) is 0 Å². The van der Waals surface area contributed by atoms with Gasteiger partial charge in [0, 0.05) is 5.92 Å². The van der Waals surface area contributed by atoms with Gasteiger partial charge in [0.25, 0.3) is 0 Å². The van der Waals surface area contributed by atoms with Crippen LogP contribution in [0.25, 0.3) is 0 Å². The molecule has 1 aliphatic rings. The maximum atomic E-state index is 12.1. The standard InChI is InChI=1S/C17H20O2/c1-2-9-16(14-10-5-3-6-11-14)19-17(18)15-12-7-4-8-13-15/h4,7-9,12-14,16H,1,3,5-6,10-11H2. The molecule has 0 amide bonds. The SMILES string of the molecule is C=C=CC(OC(=O)c1ccccc1)C1CCCCC1. The minimum absolute atomic E-state index is 0.189. The maximum absolute atomic E-state index is 12.1. The van der Waals surface area contributed by atoms with Gasteiger partial charge < -0.3 is 4.74 Å². The minimum atomic E-state index is -0.261. The number of esters is 1. The van der Waals surface area contributed by atoms with Gasteiger partial charge in [-0.15, -0.1) is 5.73 Å². The molecule has 1 aromatic carbocycles. The summed E-state index contributed by atoms with van der Waals surface area (Å²) in [4.78, 5) is 12.1. The molecule has 0 N–H and O–H groups in total. The molecular weight excluding hydrogens is 236 g/mol. The first-order valence-corrected chi connectivity index (χ1v) is 6.93. The third-order valence-corrected chi connectivity index (χ3v) is 3.65. The zero-order valence-electron chi connectivity index (χ0n) is 11.2. The summed E-state index contributed by atoms with van der Waals surface area (Å²) in [7, 11) is 0. The van der Waals surface area contributed by atoms with Gasteiger partial charge in [-0.3, -0.25) is 0 Å². The van der Waals surface area contributed by atoms with Gasteiger partial charge in [-0.2, -0.15) is 0 Å². The number of hydrogen-bond donors (Lipinski definition) is 0. The second-order valence-corrected chi connectivity index (χ2v) is 5.00. The summed E-state index contributed by atoms with van der Waals surface area (Å²) in [5, 5.41) is 0. The number of rotatable bonds is 4. The maximum Gasteiger partial charge on any atom is 0.338 e. The van der Waals surface area contributed by atoms with Gasteiger partial charge >= 0.3 is 5.97 Å². The molecule has 100 valence electrons. The van der Waals surface area contributed by atoms with Crippen LogP contribution in [-0.2, 0) is 4.74 Å². The second kappa shape index (κ2) is 6.96. The van der Waals surface area contributed by atoms with E-state index in [1.807, 2.05) is 18.2 Å². The normalized spacial score (nSPS) is 17.3. The fraction of sp³-hybridized carbons (Fsp3) is 0.412. The van der Waals surface area contributed by atoms with Crippen LogP contribution in [0.3, 0.4) is 0 Å². The van der Waals surface area contributed by atoms with Gasteiger partial charge in [-0.1, -0.05) is 44.0 Å². The number of ether oxygens (including phenoxy) is 1. The Morgan fingerprint density at radius 3 is 2.58 bits per heavy atom. The van der Waals surface area contributed by atoms with Gasteiger partial charge in [0.05, 0.1) is 5.56 Å². The van der Waals surface area contributed by atoms with Crippen molar-refractivity contribution in [2.24, 2.45) is 5.92 Å². The number of benzene rings is 1. The summed E-state index contributed by atoms with van der Waals surface area (Å²) in [6, 6.07) is 9.12. The van der Waals surface area contributed by atoms with E-state index in [9.17, 15) is 4.79 Å². The molecule has 1 fully saturated rings. The van der Waals surface area contributed by atoms with E-state index in [4.69, 9.17) is 4.74 Å². The monoisotopic (exact) mass is 256 g/mol. The number of carbonyl (C=O) groups is 1. The predicted octanol–water partition coefficient (Wildman–Crippen LogP) is 4.13. The summed E-state index contributed by atoms with van der Waals surface area (Å²) in [5.41, 5.74) is 3.37. The van der Waals surface area contributed by atoms with E-state index >= 15 is 0 Å². The van der Waals surface area contributed by atoms with Gasteiger partial charge in [-0.05, 0) is 31.1 Å². The second-order valence-electron chi connectivity index (χ2n) is 5.00. The van der Waals surface area contributed by atoms with Crippen LogP contribution in [0.2, 0.25) is 0 Å². The van der Waals surface area contributed by atoms with E-state index in [1.165, 1.54) is 19.3 Å². The minimum Gasteiger partial charge on any atom is -0.454 e. The van der Waals surface area contributed by atoms with Crippen molar-refractivity contribution >= 4 is 5.97 Å². The molecule has 0 saturated heterocycles. The van der Waals surface area contributed by atoms with Crippen LogP contribution in [0.5, 0.6) is 0 Å². The van der Waals surface area contributed by atoms with Crippen molar-refractivity contribution in [2.45, 2.75) is 38.2 Å². The first-order chi connectivity index (χ1) is 9.31. The third-order valence-electron chi connectivity index (χ3n) is 3.65. The fourth-order valence-electron chi connectivity index (χ4n) is 2.61. The van der Waals surface area contributed by atoms with E-state index in [0.717, 1.165) is 12.8 Å². The zero-order valence-corrected chi connectivity index (χ0v) is 11.2. The molecule has 19 heavy (non-hydrogen) atoms. The average Bonchev–Trinajstić information content (AvgIpc) is 2.48. The van der Waals surface area contributed by atoms with E-state index in [0.29, 0.717) is 11.5 Å². The van der Waals surface area contributed by atoms with E-state index < -0.39 is 0 Å². The highest BCUT2D eigenvalue weighted by Gasteiger charge is 2.25. The molecule has 1 atom stereocenters. The van der Waals surface area contributed by atoms with Crippen LogP contribution in [-0.4, -0.2) is 12.1 Å². The highest BCUT2D eigenvalue weighted by Crippen LogP contribution is 2.29. The molecule has 0 aliphatic heterocycles. The Morgan fingerprint density at radius 1 is 1.26 bits per heavy atom. The van der Waals surface area contributed by atoms with Crippen molar-refractivity contribution in [1.29, 1.82) is 0 Å². The highest BCUT2D eigenvalue weighted by molar-refractivity contribution is 5.89. The lowest BCUT2D eigenvalue weighted by molar-refractivity contribution is 0.0227. The predicted molar refractivity (Wildman–Crippen MR) is 75.9 cm³/mol. The fourth-order valence-corrected chi connectivity index (χ4v) is 2.61. The van der Waals surface area contributed by atoms with Crippen molar-refractivity contribution in [2.75, 3.05) is 0 Å². The van der Waals surface area contributed by atoms with Gasteiger partial charge in [0.1, 0.15) is 6.10 Å². The molecule has 2 nitrogen and oxygen atoms in total. The van der Waals surface area contributed by atoms with Crippen molar-refractivity contribution < 1.29 is 9.53 Å². The summed E-state index contributed by atoms with van der Waals surface area (Å²) in [6.07, 6.45) is 7.55. The van der Waals surface area contributed by atoms with E-state index in [-0.39, 0.29) is 12.1 Å². The van der Waals surface area contributed by atoms with Crippen LogP contribution in [0.15, 0.2) is 48.7 Å². The Kier molecular flexibility index (Phi) is 5.00. The molecule has 1 aliphatic carbocycles. The lowest BCUT2D eigenvalue weighted by Crippen LogP contribution is -2.27. The lowest BCUT2D eigenvalue weighted by atomic mass is 9.85. The Balaban J connectivity index is 2.04. The molecule has 0 heterocycles. The third kappa shape index (κ3) is 3.84. The lowest BCUT2D eigenvalue weighted by Gasteiger charge is -2.27. The Bertz CT molecular complexity index is 451. The highest BCUT2D eigenvalue weighted by atomic mass is 16.5. The number of hydrogen-bond acceptors (Lipinski definition) is 2. The van der Waals surface area contributed by atoms with Crippen LogP contribution in [0, 0.1) is 5.92 Å². The van der Waals surface area contributed by atoms with Crippen molar-refractivity contribution in [3.8, 4) is 0 Å². The quantitative estimate of drug-likeness (QED) is 0.598. The largest absolute Gasteiger partial charge is 0.454 e. The van der Waals surface area contributed by atoms with Crippen LogP contribution >= 0.6 is 0 Å². The molecule has 1 aromatic rings. The molecule has 2 rings (SSSR count). The Labute approximate surface area is 114 Å². The van der Waals surface area contributed by atoms with Crippen molar-refractivity contribution in [3.63, 3.8) is 0 Å². The summed E-state index contributed by atoms with van der Waals surface area (Å²) in [6.45, 7) is 3.60. The first kappa shape index (κ1) is 13.6.